The minimum Gasteiger partial charge on any atom is -0.342 e. The molecule has 1 unspecified atom stereocenters. The molecule has 0 aromatic heterocycles. The largest absolute Gasteiger partial charge is 0.342 e. The normalized spacial score (nSPS) is 32.6. The molecule has 2 saturated heterocycles. The van der Waals surface area contributed by atoms with Crippen molar-refractivity contribution in [2.75, 3.05) is 26.7 Å². The topological polar surface area (TPSA) is 56.7 Å². The number of carbonyl (C=O) groups excluding carboxylic acids is 1. The van der Waals surface area contributed by atoms with Crippen molar-refractivity contribution < 1.29 is 4.79 Å². The zero-order chi connectivity index (χ0) is 12.3. The van der Waals surface area contributed by atoms with Gasteiger partial charge in [-0.1, -0.05) is 6.92 Å². The number of aliphatic imine (C=N–C) groups is 1. The molecule has 1 atom stereocenters. The molecule has 2 heterocycles. The van der Waals surface area contributed by atoms with E-state index in [0.717, 1.165) is 38.9 Å². The Labute approximate surface area is 103 Å². The number of nitrogens with one attached hydrogen (secondary N) is 2. The lowest BCUT2D eigenvalue weighted by Gasteiger charge is -2.24. The Bertz CT molecular complexity index is 328. The summed E-state index contributed by atoms with van der Waals surface area (Å²) in [6.45, 7) is 5.42. The minimum absolute atomic E-state index is 0.0939. The van der Waals surface area contributed by atoms with Crippen LogP contribution in [0.15, 0.2) is 4.99 Å². The van der Waals surface area contributed by atoms with Crippen molar-refractivity contribution in [2.45, 2.75) is 38.1 Å². The number of amides is 1. The maximum Gasteiger partial charge on any atom is 0.252 e. The van der Waals surface area contributed by atoms with Crippen LogP contribution in [0.4, 0.5) is 0 Å². The fourth-order valence-corrected chi connectivity index (χ4v) is 2.74. The Hall–Kier alpha value is -1.10. The Balaban J connectivity index is 2.05. The molecule has 1 amide bonds. The highest BCUT2D eigenvalue weighted by atomic mass is 16.2. The first-order valence-electron chi connectivity index (χ1n) is 6.49. The van der Waals surface area contributed by atoms with Gasteiger partial charge < -0.3 is 10.2 Å². The van der Waals surface area contributed by atoms with Gasteiger partial charge in [-0.25, -0.2) is 0 Å². The zero-order valence-corrected chi connectivity index (χ0v) is 10.8. The van der Waals surface area contributed by atoms with Gasteiger partial charge in [-0.2, -0.15) is 0 Å². The van der Waals surface area contributed by atoms with E-state index in [4.69, 9.17) is 0 Å². The van der Waals surface area contributed by atoms with Crippen LogP contribution >= 0.6 is 0 Å². The molecule has 2 aliphatic rings. The summed E-state index contributed by atoms with van der Waals surface area (Å²) in [5.74, 6) is 0.718. The van der Waals surface area contributed by atoms with E-state index in [1.807, 2.05) is 0 Å². The summed E-state index contributed by atoms with van der Waals surface area (Å²) < 4.78 is 0. The van der Waals surface area contributed by atoms with Gasteiger partial charge in [-0.05, 0) is 38.8 Å². The van der Waals surface area contributed by atoms with Crippen molar-refractivity contribution in [3.05, 3.63) is 0 Å². The molecule has 0 bridgehead atoms. The summed E-state index contributed by atoms with van der Waals surface area (Å²) in [4.78, 5) is 18.5. The van der Waals surface area contributed by atoms with Crippen LogP contribution in [0.5, 0.6) is 0 Å². The van der Waals surface area contributed by atoms with E-state index in [1.54, 1.807) is 7.05 Å². The lowest BCUT2D eigenvalue weighted by molar-refractivity contribution is -0.124. The average molecular weight is 238 g/mol. The SMILES string of the molecule is CCCN1CCCC2(CC1)NC(=NC)NC2=O. The smallest absolute Gasteiger partial charge is 0.252 e. The molecule has 0 aromatic rings. The van der Waals surface area contributed by atoms with Gasteiger partial charge >= 0.3 is 0 Å². The second-order valence-corrected chi connectivity index (χ2v) is 4.93. The molecule has 5 nitrogen and oxygen atoms in total. The molecule has 17 heavy (non-hydrogen) atoms. The van der Waals surface area contributed by atoms with Crippen molar-refractivity contribution in [3.8, 4) is 0 Å². The predicted molar refractivity (Wildman–Crippen MR) is 68.0 cm³/mol. The van der Waals surface area contributed by atoms with Crippen LogP contribution in [0.25, 0.3) is 0 Å². The summed E-state index contributed by atoms with van der Waals surface area (Å²) in [5.41, 5.74) is -0.405. The number of nitrogens with zero attached hydrogens (tertiary/aromatic N) is 2. The molecule has 5 heteroatoms. The third-order valence-corrected chi connectivity index (χ3v) is 3.72. The van der Waals surface area contributed by atoms with Crippen LogP contribution < -0.4 is 10.6 Å². The molecule has 2 N–H and O–H groups in total. The van der Waals surface area contributed by atoms with Crippen LogP contribution in [0.2, 0.25) is 0 Å². The van der Waals surface area contributed by atoms with Gasteiger partial charge in [0, 0.05) is 13.6 Å². The Morgan fingerprint density at radius 1 is 1.41 bits per heavy atom. The molecule has 2 rings (SSSR count). The van der Waals surface area contributed by atoms with Crippen molar-refractivity contribution in [3.63, 3.8) is 0 Å². The number of hydrogen-bond donors (Lipinski definition) is 2. The van der Waals surface area contributed by atoms with Gasteiger partial charge in [0.2, 0.25) is 0 Å². The van der Waals surface area contributed by atoms with Crippen molar-refractivity contribution in [2.24, 2.45) is 4.99 Å². The molecular weight excluding hydrogens is 216 g/mol. The van der Waals surface area contributed by atoms with Crippen LogP contribution in [0.1, 0.15) is 32.6 Å². The summed E-state index contributed by atoms with van der Waals surface area (Å²) in [7, 11) is 1.70. The monoisotopic (exact) mass is 238 g/mol. The second-order valence-electron chi connectivity index (χ2n) is 4.93. The van der Waals surface area contributed by atoms with E-state index in [1.165, 1.54) is 6.42 Å². The fraction of sp³-hybridized carbons (Fsp3) is 0.833. The van der Waals surface area contributed by atoms with Crippen LogP contribution in [-0.4, -0.2) is 49.0 Å². The van der Waals surface area contributed by atoms with Gasteiger partial charge in [0.05, 0.1) is 0 Å². The molecule has 0 radical (unpaired) electrons. The van der Waals surface area contributed by atoms with Gasteiger partial charge in [-0.15, -0.1) is 0 Å². The number of carbonyl (C=O) groups is 1. The summed E-state index contributed by atoms with van der Waals surface area (Å²) in [5, 5.41) is 6.09. The first kappa shape index (κ1) is 12.4. The Morgan fingerprint density at radius 3 is 2.88 bits per heavy atom. The number of hydrogen-bond acceptors (Lipinski definition) is 3. The molecule has 96 valence electrons. The van der Waals surface area contributed by atoms with E-state index >= 15 is 0 Å². The highest BCUT2D eigenvalue weighted by Gasteiger charge is 2.45. The van der Waals surface area contributed by atoms with Crippen LogP contribution in [0.3, 0.4) is 0 Å². The zero-order valence-electron chi connectivity index (χ0n) is 10.8. The Morgan fingerprint density at radius 2 is 2.24 bits per heavy atom. The Kier molecular flexibility index (Phi) is 3.66. The first-order chi connectivity index (χ1) is 8.20. The van der Waals surface area contributed by atoms with Crippen LogP contribution in [0, 0.1) is 0 Å². The maximum atomic E-state index is 12.1. The third kappa shape index (κ3) is 2.44. The molecule has 1 spiro atoms. The fourth-order valence-electron chi connectivity index (χ4n) is 2.74. The van der Waals surface area contributed by atoms with Crippen molar-refractivity contribution >= 4 is 11.9 Å². The van der Waals surface area contributed by atoms with Crippen molar-refractivity contribution in [1.29, 1.82) is 0 Å². The van der Waals surface area contributed by atoms with Gasteiger partial charge in [0.15, 0.2) is 5.96 Å². The predicted octanol–water partition coefficient (Wildman–Crippen LogP) is 0.326. The molecule has 2 aliphatic heterocycles. The van der Waals surface area contributed by atoms with E-state index in [0.29, 0.717) is 5.96 Å². The molecular formula is C12H22N4O. The summed E-state index contributed by atoms with van der Waals surface area (Å²) in [6, 6.07) is 0. The van der Waals surface area contributed by atoms with E-state index in [-0.39, 0.29) is 5.91 Å². The number of likely N-dealkylation sites (tertiary alicyclic amines) is 1. The maximum absolute atomic E-state index is 12.1. The summed E-state index contributed by atoms with van der Waals surface area (Å²) >= 11 is 0. The molecule has 2 fully saturated rings. The minimum atomic E-state index is -0.405. The quantitative estimate of drug-likeness (QED) is 0.729. The van der Waals surface area contributed by atoms with Crippen LogP contribution in [-0.2, 0) is 4.79 Å². The van der Waals surface area contributed by atoms with E-state index in [9.17, 15) is 4.79 Å². The van der Waals surface area contributed by atoms with Gasteiger partial charge in [-0.3, -0.25) is 15.1 Å². The highest BCUT2D eigenvalue weighted by molar-refractivity contribution is 6.09. The number of guanidine groups is 1. The number of rotatable bonds is 2. The second kappa shape index (κ2) is 5.04. The lowest BCUT2D eigenvalue weighted by Crippen LogP contribution is -2.47. The first-order valence-corrected chi connectivity index (χ1v) is 6.49. The molecule has 0 aliphatic carbocycles. The molecule has 0 saturated carbocycles. The molecule has 0 aromatic carbocycles. The van der Waals surface area contributed by atoms with Gasteiger partial charge in [0.1, 0.15) is 5.54 Å². The van der Waals surface area contributed by atoms with E-state index < -0.39 is 5.54 Å². The third-order valence-electron chi connectivity index (χ3n) is 3.72. The lowest BCUT2D eigenvalue weighted by atomic mass is 9.91. The highest BCUT2D eigenvalue weighted by Crippen LogP contribution is 2.25. The summed E-state index contributed by atoms with van der Waals surface area (Å²) in [6.07, 6.45) is 4.02. The standard InChI is InChI=1S/C12H22N4O/c1-3-7-16-8-4-5-12(6-9-16)10(17)14-11(13-2)15-12/h3-9H2,1-2H3,(H2,13,14,15,17). The van der Waals surface area contributed by atoms with Gasteiger partial charge in [0.25, 0.3) is 5.91 Å². The average Bonchev–Trinajstić information content (AvgIpc) is 2.50. The van der Waals surface area contributed by atoms with E-state index in [2.05, 4.69) is 27.4 Å². The van der Waals surface area contributed by atoms with Crippen molar-refractivity contribution in [1.82, 2.24) is 15.5 Å².